The van der Waals surface area contributed by atoms with Crippen LogP contribution in [0.15, 0.2) is 0 Å². The number of aromatic nitrogens is 3. The van der Waals surface area contributed by atoms with E-state index in [-0.39, 0.29) is 12.6 Å². The molecule has 0 radical (unpaired) electrons. The van der Waals surface area contributed by atoms with Crippen molar-refractivity contribution in [3.63, 3.8) is 0 Å². The molecule has 0 fully saturated rings. The second-order valence-corrected chi connectivity index (χ2v) is 4.69. The molecule has 0 saturated heterocycles. The molecule has 1 heterocycles. The zero-order chi connectivity index (χ0) is 15.1. The molecule has 0 saturated carbocycles. The fourth-order valence-electron chi connectivity index (χ4n) is 2.03. The number of hydrogen-bond acceptors (Lipinski definition) is 8. The van der Waals surface area contributed by atoms with Gasteiger partial charge in [0.25, 0.3) is 0 Å². The highest BCUT2D eigenvalue weighted by atomic mass is 16.3. The number of hydrogen-bond donors (Lipinski definition) is 3. The fraction of sp³-hybridized carbons (Fsp3) is 0.750. The van der Waals surface area contributed by atoms with E-state index in [1.54, 1.807) is 4.90 Å². The molecule has 20 heavy (non-hydrogen) atoms. The molecule has 114 valence electrons. The summed E-state index contributed by atoms with van der Waals surface area (Å²) < 4.78 is 0. The SMILES string of the molecule is CCC(CC)N(CCO)c1nc(NN)nc(N(C)C)n1. The highest BCUT2D eigenvalue weighted by Gasteiger charge is 2.20. The van der Waals surface area contributed by atoms with Gasteiger partial charge >= 0.3 is 0 Å². The fourth-order valence-corrected chi connectivity index (χ4v) is 2.03. The summed E-state index contributed by atoms with van der Waals surface area (Å²) in [6, 6.07) is 0.269. The third-order valence-corrected chi connectivity index (χ3v) is 3.12. The van der Waals surface area contributed by atoms with E-state index in [9.17, 15) is 5.11 Å². The van der Waals surface area contributed by atoms with E-state index in [0.29, 0.717) is 24.4 Å². The monoisotopic (exact) mass is 283 g/mol. The van der Waals surface area contributed by atoms with Crippen molar-refractivity contribution in [3.8, 4) is 0 Å². The van der Waals surface area contributed by atoms with E-state index in [0.717, 1.165) is 12.8 Å². The molecule has 0 amide bonds. The molecule has 0 spiro atoms. The first-order valence-electron chi connectivity index (χ1n) is 6.84. The van der Waals surface area contributed by atoms with Gasteiger partial charge < -0.3 is 14.9 Å². The quantitative estimate of drug-likeness (QED) is 0.459. The lowest BCUT2D eigenvalue weighted by Crippen LogP contribution is -2.38. The zero-order valence-corrected chi connectivity index (χ0v) is 12.7. The second-order valence-electron chi connectivity index (χ2n) is 4.69. The molecule has 1 rings (SSSR count). The highest BCUT2D eigenvalue weighted by molar-refractivity contribution is 5.44. The average Bonchev–Trinajstić information content (AvgIpc) is 2.46. The summed E-state index contributed by atoms with van der Waals surface area (Å²) in [5, 5.41) is 9.28. The number of aliphatic hydroxyl groups excluding tert-OH is 1. The largest absolute Gasteiger partial charge is 0.395 e. The Morgan fingerprint density at radius 3 is 2.20 bits per heavy atom. The van der Waals surface area contributed by atoms with Gasteiger partial charge in [-0.2, -0.15) is 15.0 Å². The lowest BCUT2D eigenvalue weighted by Gasteiger charge is -2.30. The number of nitrogens with one attached hydrogen (secondary N) is 1. The summed E-state index contributed by atoms with van der Waals surface area (Å²) in [4.78, 5) is 16.7. The predicted molar refractivity (Wildman–Crippen MR) is 80.8 cm³/mol. The van der Waals surface area contributed by atoms with Gasteiger partial charge in [-0.25, -0.2) is 5.84 Å². The summed E-state index contributed by atoms with van der Waals surface area (Å²) in [6.07, 6.45) is 1.90. The van der Waals surface area contributed by atoms with E-state index in [1.165, 1.54) is 0 Å². The van der Waals surface area contributed by atoms with Gasteiger partial charge in [0.15, 0.2) is 0 Å². The van der Waals surface area contributed by atoms with Gasteiger partial charge in [-0.3, -0.25) is 5.43 Å². The molecular formula is C12H25N7O. The number of rotatable bonds is 8. The summed E-state index contributed by atoms with van der Waals surface area (Å²) in [7, 11) is 3.71. The predicted octanol–water partition coefficient (Wildman–Crippen LogP) is 0.211. The smallest absolute Gasteiger partial charge is 0.243 e. The Kier molecular flexibility index (Phi) is 6.40. The molecule has 4 N–H and O–H groups in total. The van der Waals surface area contributed by atoms with E-state index < -0.39 is 0 Å². The van der Waals surface area contributed by atoms with Crippen LogP contribution in [0.25, 0.3) is 0 Å². The molecule has 0 atom stereocenters. The van der Waals surface area contributed by atoms with Crippen molar-refractivity contribution < 1.29 is 5.11 Å². The Morgan fingerprint density at radius 1 is 1.15 bits per heavy atom. The summed E-state index contributed by atoms with van der Waals surface area (Å²) in [6.45, 7) is 4.74. The zero-order valence-electron chi connectivity index (χ0n) is 12.7. The van der Waals surface area contributed by atoms with Crippen molar-refractivity contribution in [2.24, 2.45) is 5.84 Å². The molecule has 8 heteroatoms. The number of nitrogen functional groups attached to an aromatic ring is 1. The Morgan fingerprint density at radius 2 is 1.75 bits per heavy atom. The molecule has 0 unspecified atom stereocenters. The van der Waals surface area contributed by atoms with Gasteiger partial charge in [-0.1, -0.05) is 13.8 Å². The van der Waals surface area contributed by atoms with Crippen LogP contribution in [0.3, 0.4) is 0 Å². The Labute approximate surface area is 120 Å². The van der Waals surface area contributed by atoms with Crippen LogP contribution in [0.5, 0.6) is 0 Å². The first-order chi connectivity index (χ1) is 9.57. The van der Waals surface area contributed by atoms with Crippen molar-refractivity contribution in [2.45, 2.75) is 32.7 Å². The molecule has 0 bridgehead atoms. The molecule has 0 aliphatic heterocycles. The Balaban J connectivity index is 3.20. The maximum atomic E-state index is 9.28. The van der Waals surface area contributed by atoms with Gasteiger partial charge in [-0.15, -0.1) is 0 Å². The van der Waals surface area contributed by atoms with Crippen LogP contribution in [0, 0.1) is 0 Å². The minimum Gasteiger partial charge on any atom is -0.395 e. The Hall–Kier alpha value is -1.67. The van der Waals surface area contributed by atoms with E-state index >= 15 is 0 Å². The lowest BCUT2D eigenvalue weighted by molar-refractivity contribution is 0.295. The molecule has 0 aliphatic carbocycles. The highest BCUT2D eigenvalue weighted by Crippen LogP contribution is 2.19. The minimum absolute atomic E-state index is 0.0465. The molecule has 0 aromatic carbocycles. The normalized spacial score (nSPS) is 10.8. The van der Waals surface area contributed by atoms with Crippen molar-refractivity contribution in [3.05, 3.63) is 0 Å². The Bertz CT molecular complexity index is 409. The third-order valence-electron chi connectivity index (χ3n) is 3.12. The van der Waals surface area contributed by atoms with Crippen LogP contribution < -0.4 is 21.1 Å². The van der Waals surface area contributed by atoms with Crippen LogP contribution in [0.1, 0.15) is 26.7 Å². The first-order valence-corrected chi connectivity index (χ1v) is 6.84. The number of nitrogens with two attached hydrogens (primary N) is 1. The van der Waals surface area contributed by atoms with Gasteiger partial charge in [-0.05, 0) is 12.8 Å². The number of aliphatic hydroxyl groups is 1. The average molecular weight is 283 g/mol. The van der Waals surface area contributed by atoms with Crippen LogP contribution in [-0.2, 0) is 0 Å². The third kappa shape index (κ3) is 3.91. The van der Waals surface area contributed by atoms with Crippen LogP contribution in [-0.4, -0.2) is 53.3 Å². The minimum atomic E-state index is 0.0465. The maximum Gasteiger partial charge on any atom is 0.243 e. The van der Waals surface area contributed by atoms with Crippen LogP contribution in [0.2, 0.25) is 0 Å². The lowest BCUT2D eigenvalue weighted by atomic mass is 10.1. The number of nitrogens with zero attached hydrogens (tertiary/aromatic N) is 5. The number of hydrazine groups is 1. The summed E-state index contributed by atoms with van der Waals surface area (Å²) in [5.74, 6) is 6.78. The molecule has 0 aliphatic rings. The van der Waals surface area contributed by atoms with Crippen molar-refractivity contribution in [1.82, 2.24) is 15.0 Å². The standard InChI is InChI=1S/C12H25N7O/c1-5-9(6-2)19(7-8-20)12-15-10(17-13)14-11(16-12)18(3)4/h9,20H,5-8,13H2,1-4H3,(H,14,15,16,17). The molecular weight excluding hydrogens is 258 g/mol. The maximum absolute atomic E-state index is 9.28. The van der Waals surface area contributed by atoms with Crippen molar-refractivity contribution in [2.75, 3.05) is 42.5 Å². The van der Waals surface area contributed by atoms with Crippen molar-refractivity contribution in [1.29, 1.82) is 0 Å². The molecule has 1 aromatic rings. The van der Waals surface area contributed by atoms with Crippen molar-refractivity contribution >= 4 is 17.8 Å². The van der Waals surface area contributed by atoms with E-state index in [1.807, 2.05) is 19.0 Å². The summed E-state index contributed by atoms with van der Waals surface area (Å²) in [5.41, 5.74) is 2.46. The first kappa shape index (κ1) is 16.4. The van der Waals surface area contributed by atoms with E-state index in [4.69, 9.17) is 5.84 Å². The molecule has 1 aromatic heterocycles. The van der Waals surface area contributed by atoms with Crippen LogP contribution in [0.4, 0.5) is 17.8 Å². The van der Waals surface area contributed by atoms with Gasteiger partial charge in [0.2, 0.25) is 17.8 Å². The topological polar surface area (TPSA) is 103 Å². The second kappa shape index (κ2) is 7.81. The number of anilines is 3. The molecule has 8 nitrogen and oxygen atoms in total. The van der Waals surface area contributed by atoms with Gasteiger partial charge in [0, 0.05) is 26.7 Å². The van der Waals surface area contributed by atoms with E-state index in [2.05, 4.69) is 34.2 Å². The van der Waals surface area contributed by atoms with Gasteiger partial charge in [0.05, 0.1) is 6.61 Å². The summed E-state index contributed by atoms with van der Waals surface area (Å²) >= 11 is 0. The van der Waals surface area contributed by atoms with Crippen LogP contribution >= 0.6 is 0 Å². The van der Waals surface area contributed by atoms with Gasteiger partial charge in [0.1, 0.15) is 0 Å².